The molecule has 5 heteroatoms. The minimum atomic E-state index is 0. The summed E-state index contributed by atoms with van der Waals surface area (Å²) in [6.07, 6.45) is 1.74. The number of nitrogens with zero attached hydrogens (tertiary/aromatic N) is 1. The van der Waals surface area contributed by atoms with Gasteiger partial charge in [0.25, 0.3) is 0 Å². The van der Waals surface area contributed by atoms with Gasteiger partial charge in [-0.2, -0.15) is 11.8 Å². The number of benzene rings is 1. The van der Waals surface area contributed by atoms with E-state index in [1.165, 1.54) is 5.56 Å². The summed E-state index contributed by atoms with van der Waals surface area (Å²) in [5.41, 5.74) is 3.59. The third-order valence-electron chi connectivity index (χ3n) is 2.36. The van der Waals surface area contributed by atoms with E-state index in [2.05, 4.69) is 22.1 Å². The van der Waals surface area contributed by atoms with Crippen LogP contribution in [0.2, 0.25) is 5.02 Å². The maximum atomic E-state index is 5.83. The Labute approximate surface area is 117 Å². The molecule has 0 atom stereocenters. The second-order valence-electron chi connectivity index (χ2n) is 3.59. The van der Waals surface area contributed by atoms with Crippen LogP contribution in [0.15, 0.2) is 30.6 Å². The van der Waals surface area contributed by atoms with Crippen molar-refractivity contribution in [2.45, 2.75) is 18.4 Å². The number of aryl methyl sites for hydroxylation is 1. The highest BCUT2D eigenvalue weighted by molar-refractivity contribution is 7.97. The van der Waals surface area contributed by atoms with E-state index >= 15 is 0 Å². The monoisotopic (exact) mass is 288 g/mol. The standard InChI is InChI=1S/C12H13ClN2S.ClH/c1-9-12(15-8-14-9)7-16-6-10-2-4-11(13)5-3-10;/h2-5,8H,6-7H2,1H3,(H,14,15);1H. The molecule has 1 aromatic heterocycles. The van der Waals surface area contributed by atoms with E-state index in [0.29, 0.717) is 0 Å². The second-order valence-corrected chi connectivity index (χ2v) is 5.02. The van der Waals surface area contributed by atoms with Gasteiger partial charge in [-0.05, 0) is 24.6 Å². The highest BCUT2D eigenvalue weighted by atomic mass is 35.5. The number of nitrogens with one attached hydrogen (secondary N) is 1. The average molecular weight is 289 g/mol. The highest BCUT2D eigenvalue weighted by Gasteiger charge is 2.01. The van der Waals surface area contributed by atoms with Gasteiger partial charge in [-0.1, -0.05) is 23.7 Å². The van der Waals surface area contributed by atoms with Gasteiger partial charge in [-0.15, -0.1) is 12.4 Å². The lowest BCUT2D eigenvalue weighted by molar-refractivity contribution is 1.19. The molecule has 1 N–H and O–H groups in total. The molecule has 17 heavy (non-hydrogen) atoms. The zero-order valence-electron chi connectivity index (χ0n) is 9.44. The molecule has 0 radical (unpaired) electrons. The smallest absolute Gasteiger partial charge is 0.0925 e. The fourth-order valence-corrected chi connectivity index (χ4v) is 2.52. The topological polar surface area (TPSA) is 28.7 Å². The lowest BCUT2D eigenvalue weighted by atomic mass is 10.2. The molecule has 1 aromatic carbocycles. The number of imidazole rings is 1. The summed E-state index contributed by atoms with van der Waals surface area (Å²) >= 11 is 7.69. The first-order valence-corrected chi connectivity index (χ1v) is 6.60. The van der Waals surface area contributed by atoms with Crippen molar-refractivity contribution in [3.05, 3.63) is 52.6 Å². The molecule has 0 fully saturated rings. The molecule has 0 saturated carbocycles. The van der Waals surface area contributed by atoms with E-state index in [0.717, 1.165) is 27.9 Å². The van der Waals surface area contributed by atoms with Crippen molar-refractivity contribution < 1.29 is 0 Å². The zero-order chi connectivity index (χ0) is 11.4. The number of hydrogen-bond donors (Lipinski definition) is 1. The Morgan fingerprint density at radius 2 is 1.94 bits per heavy atom. The molecule has 2 nitrogen and oxygen atoms in total. The van der Waals surface area contributed by atoms with Gasteiger partial charge < -0.3 is 4.98 Å². The van der Waals surface area contributed by atoms with E-state index in [1.807, 2.05) is 30.8 Å². The largest absolute Gasteiger partial charge is 0.348 e. The Hall–Kier alpha value is -0.640. The quantitative estimate of drug-likeness (QED) is 0.912. The Bertz CT molecular complexity index is 454. The normalized spacial score (nSPS) is 10.0. The van der Waals surface area contributed by atoms with Crippen molar-refractivity contribution in [3.8, 4) is 0 Å². The minimum Gasteiger partial charge on any atom is -0.348 e. The van der Waals surface area contributed by atoms with E-state index in [1.54, 1.807) is 6.33 Å². The third-order valence-corrected chi connectivity index (χ3v) is 3.62. The fourth-order valence-electron chi connectivity index (χ4n) is 1.38. The summed E-state index contributed by atoms with van der Waals surface area (Å²) in [5.74, 6) is 1.93. The predicted octanol–water partition coefficient (Wildman–Crippen LogP) is 4.23. The number of halogens is 2. The lowest BCUT2D eigenvalue weighted by Gasteiger charge is -2.01. The van der Waals surface area contributed by atoms with E-state index in [4.69, 9.17) is 11.6 Å². The third kappa shape index (κ3) is 4.26. The number of rotatable bonds is 4. The fraction of sp³-hybridized carbons (Fsp3) is 0.250. The van der Waals surface area contributed by atoms with Crippen molar-refractivity contribution in [2.24, 2.45) is 0 Å². The minimum absolute atomic E-state index is 0. The molecule has 0 unspecified atom stereocenters. The van der Waals surface area contributed by atoms with Crippen molar-refractivity contribution in [2.75, 3.05) is 0 Å². The van der Waals surface area contributed by atoms with Crippen molar-refractivity contribution >= 4 is 35.8 Å². The maximum absolute atomic E-state index is 5.83. The zero-order valence-corrected chi connectivity index (χ0v) is 11.8. The Kier molecular flexibility index (Phi) is 5.89. The predicted molar refractivity (Wildman–Crippen MR) is 77.0 cm³/mol. The van der Waals surface area contributed by atoms with Crippen LogP contribution in [-0.4, -0.2) is 9.97 Å². The highest BCUT2D eigenvalue weighted by Crippen LogP contribution is 2.19. The van der Waals surface area contributed by atoms with E-state index in [-0.39, 0.29) is 12.4 Å². The molecule has 1 heterocycles. The van der Waals surface area contributed by atoms with Crippen LogP contribution in [0.25, 0.3) is 0 Å². The van der Waals surface area contributed by atoms with Crippen LogP contribution < -0.4 is 0 Å². The van der Waals surface area contributed by atoms with E-state index < -0.39 is 0 Å². The van der Waals surface area contributed by atoms with Gasteiger partial charge in [-0.25, -0.2) is 4.98 Å². The molecule has 0 saturated heterocycles. The van der Waals surface area contributed by atoms with Gasteiger partial charge >= 0.3 is 0 Å². The molecular formula is C12H14Cl2N2S. The number of aromatic amines is 1. The van der Waals surface area contributed by atoms with Crippen LogP contribution in [-0.2, 0) is 11.5 Å². The Morgan fingerprint density at radius 1 is 1.24 bits per heavy atom. The van der Waals surface area contributed by atoms with Gasteiger partial charge in [0.15, 0.2) is 0 Å². The van der Waals surface area contributed by atoms with Crippen LogP contribution in [0.3, 0.4) is 0 Å². The SMILES string of the molecule is Cc1[nH]cnc1CSCc1ccc(Cl)cc1.Cl. The molecule has 0 aliphatic heterocycles. The molecule has 0 aliphatic rings. The second kappa shape index (κ2) is 6.94. The van der Waals surface area contributed by atoms with Crippen LogP contribution in [0.5, 0.6) is 0 Å². The number of H-pyrrole nitrogens is 1. The Balaban J connectivity index is 0.00000144. The number of hydrogen-bond acceptors (Lipinski definition) is 2. The molecule has 0 bridgehead atoms. The first-order chi connectivity index (χ1) is 7.75. The summed E-state index contributed by atoms with van der Waals surface area (Å²) in [5, 5.41) is 0.789. The van der Waals surface area contributed by atoms with Crippen LogP contribution in [0, 0.1) is 6.92 Å². The summed E-state index contributed by atoms with van der Waals surface area (Å²) in [4.78, 5) is 7.35. The first kappa shape index (κ1) is 14.4. The van der Waals surface area contributed by atoms with Gasteiger partial charge in [0.1, 0.15) is 0 Å². The van der Waals surface area contributed by atoms with Crippen LogP contribution in [0.1, 0.15) is 17.0 Å². The Morgan fingerprint density at radius 3 is 2.53 bits per heavy atom. The summed E-state index contributed by atoms with van der Waals surface area (Å²) in [7, 11) is 0. The van der Waals surface area contributed by atoms with Crippen molar-refractivity contribution in [1.29, 1.82) is 0 Å². The summed E-state index contributed by atoms with van der Waals surface area (Å²) in [6, 6.07) is 7.98. The molecule has 92 valence electrons. The number of thioether (sulfide) groups is 1. The maximum Gasteiger partial charge on any atom is 0.0925 e. The van der Waals surface area contributed by atoms with E-state index in [9.17, 15) is 0 Å². The molecule has 2 rings (SSSR count). The van der Waals surface area contributed by atoms with Crippen LogP contribution in [0.4, 0.5) is 0 Å². The molecule has 0 spiro atoms. The molecular weight excluding hydrogens is 275 g/mol. The molecule has 0 aliphatic carbocycles. The van der Waals surface area contributed by atoms with Crippen LogP contribution >= 0.6 is 35.8 Å². The summed E-state index contributed by atoms with van der Waals surface area (Å²) < 4.78 is 0. The summed E-state index contributed by atoms with van der Waals surface area (Å²) in [6.45, 7) is 2.05. The molecule has 2 aromatic rings. The van der Waals surface area contributed by atoms with Gasteiger partial charge in [0.05, 0.1) is 12.0 Å². The van der Waals surface area contributed by atoms with Gasteiger partial charge in [0.2, 0.25) is 0 Å². The first-order valence-electron chi connectivity index (χ1n) is 5.07. The van der Waals surface area contributed by atoms with Gasteiger partial charge in [-0.3, -0.25) is 0 Å². The average Bonchev–Trinajstić information content (AvgIpc) is 2.68. The lowest BCUT2D eigenvalue weighted by Crippen LogP contribution is -1.86. The van der Waals surface area contributed by atoms with Crippen molar-refractivity contribution in [1.82, 2.24) is 9.97 Å². The van der Waals surface area contributed by atoms with Crippen molar-refractivity contribution in [3.63, 3.8) is 0 Å². The number of aromatic nitrogens is 2. The van der Waals surface area contributed by atoms with Gasteiger partial charge in [0, 0.05) is 22.2 Å². The molecule has 0 amide bonds.